The lowest BCUT2D eigenvalue weighted by Crippen LogP contribution is -2.55. The van der Waals surface area contributed by atoms with Gasteiger partial charge in [0.05, 0.1) is 22.6 Å². The number of aromatic nitrogens is 2. The van der Waals surface area contributed by atoms with Crippen LogP contribution in [-0.4, -0.2) is 50.9 Å². The minimum absolute atomic E-state index is 0.0422. The molecule has 0 N–H and O–H groups in total. The molecule has 2 fully saturated rings. The predicted octanol–water partition coefficient (Wildman–Crippen LogP) is 4.48. The normalized spacial score (nSPS) is 20.7. The van der Waals surface area contributed by atoms with Gasteiger partial charge in [0.2, 0.25) is 5.91 Å². The zero-order valence-corrected chi connectivity index (χ0v) is 20.4. The molecule has 178 valence electrons. The Balaban J connectivity index is 1.48. The number of para-hydroxylation sites is 1. The Labute approximate surface area is 201 Å². The zero-order chi connectivity index (χ0) is 23.8. The van der Waals surface area contributed by atoms with Crippen molar-refractivity contribution in [3.63, 3.8) is 0 Å². The highest BCUT2D eigenvalue weighted by Crippen LogP contribution is 2.30. The number of amides is 1. The molecule has 6 heteroatoms. The third kappa shape index (κ3) is 4.16. The Bertz CT molecular complexity index is 1240. The first kappa shape index (κ1) is 22.8. The summed E-state index contributed by atoms with van der Waals surface area (Å²) in [4.78, 5) is 36.1. The number of piperazine rings is 1. The Hall–Kier alpha value is -2.99. The van der Waals surface area contributed by atoms with Crippen molar-refractivity contribution >= 4 is 16.8 Å². The van der Waals surface area contributed by atoms with E-state index in [1.165, 1.54) is 12.8 Å². The minimum Gasteiger partial charge on any atom is -0.337 e. The Morgan fingerprint density at radius 2 is 1.74 bits per heavy atom. The molecule has 1 aliphatic heterocycles. The molecule has 2 aromatic carbocycles. The molecule has 1 aromatic heterocycles. The summed E-state index contributed by atoms with van der Waals surface area (Å²) in [6, 6.07) is 15.7. The maximum Gasteiger partial charge on any atom is 0.266 e. The number of hydrogen-bond donors (Lipinski definition) is 0. The average Bonchev–Trinajstić information content (AvgIpc) is 3.39. The van der Waals surface area contributed by atoms with Gasteiger partial charge in [-0.25, -0.2) is 4.98 Å². The standard InChI is InChI=1S/C28H34N4O2/c1-19-12-14-23(15-13-19)32-26(29-25-11-7-6-10-24(25)28(32)34)21(3)30-16-17-31(20(2)18-30)27(33)22-8-4-5-9-22/h6-7,10-15,20-22H,4-5,8-9,16-18H2,1-3H3. The van der Waals surface area contributed by atoms with Crippen LogP contribution in [0.15, 0.2) is 53.3 Å². The summed E-state index contributed by atoms with van der Waals surface area (Å²) in [6.07, 6.45) is 4.41. The Kier molecular flexibility index (Phi) is 6.26. The van der Waals surface area contributed by atoms with Crippen LogP contribution in [0.5, 0.6) is 0 Å². The summed E-state index contributed by atoms with van der Waals surface area (Å²) >= 11 is 0. The Morgan fingerprint density at radius 1 is 1.03 bits per heavy atom. The van der Waals surface area contributed by atoms with Crippen LogP contribution in [0.2, 0.25) is 0 Å². The molecule has 0 radical (unpaired) electrons. The summed E-state index contributed by atoms with van der Waals surface area (Å²) in [6.45, 7) is 8.59. The van der Waals surface area contributed by atoms with E-state index in [1.807, 2.05) is 55.5 Å². The lowest BCUT2D eigenvalue weighted by Gasteiger charge is -2.43. The number of fused-ring (bicyclic) bond motifs is 1. The second-order valence-corrected chi connectivity index (χ2v) is 10.00. The number of rotatable bonds is 4. The van der Waals surface area contributed by atoms with Crippen LogP contribution in [0, 0.1) is 12.8 Å². The maximum atomic E-state index is 13.6. The predicted molar refractivity (Wildman–Crippen MR) is 135 cm³/mol. The molecular weight excluding hydrogens is 424 g/mol. The lowest BCUT2D eigenvalue weighted by molar-refractivity contribution is -0.140. The van der Waals surface area contributed by atoms with Crippen LogP contribution in [0.1, 0.15) is 57.0 Å². The second-order valence-electron chi connectivity index (χ2n) is 10.00. The molecule has 2 aliphatic rings. The molecule has 2 atom stereocenters. The molecule has 3 aromatic rings. The quantitative estimate of drug-likeness (QED) is 0.579. The molecule has 0 bridgehead atoms. The van der Waals surface area contributed by atoms with Gasteiger partial charge in [-0.3, -0.25) is 19.1 Å². The first-order chi connectivity index (χ1) is 16.4. The molecule has 0 spiro atoms. The molecule has 1 aliphatic carbocycles. The molecule has 2 heterocycles. The molecule has 5 rings (SSSR count). The molecule has 1 saturated heterocycles. The molecule has 6 nitrogen and oxygen atoms in total. The summed E-state index contributed by atoms with van der Waals surface area (Å²) < 4.78 is 1.77. The fourth-order valence-electron chi connectivity index (χ4n) is 5.61. The third-order valence-corrected chi connectivity index (χ3v) is 7.66. The fraction of sp³-hybridized carbons (Fsp3) is 0.464. The van der Waals surface area contributed by atoms with Gasteiger partial charge in [-0.15, -0.1) is 0 Å². The maximum absolute atomic E-state index is 13.6. The summed E-state index contributed by atoms with van der Waals surface area (Å²) in [5.74, 6) is 1.29. The lowest BCUT2D eigenvalue weighted by atomic mass is 10.0. The van der Waals surface area contributed by atoms with Crippen LogP contribution in [0.25, 0.3) is 16.6 Å². The van der Waals surface area contributed by atoms with E-state index in [9.17, 15) is 9.59 Å². The summed E-state index contributed by atoms with van der Waals surface area (Å²) in [5, 5.41) is 0.624. The van der Waals surface area contributed by atoms with Crippen molar-refractivity contribution < 1.29 is 4.79 Å². The van der Waals surface area contributed by atoms with Gasteiger partial charge < -0.3 is 4.90 Å². The van der Waals surface area contributed by atoms with Crippen LogP contribution < -0.4 is 5.56 Å². The van der Waals surface area contributed by atoms with Crippen LogP contribution in [-0.2, 0) is 4.79 Å². The van der Waals surface area contributed by atoms with Gasteiger partial charge in [0.25, 0.3) is 5.56 Å². The van der Waals surface area contributed by atoms with Crippen molar-refractivity contribution in [3.05, 3.63) is 70.3 Å². The van der Waals surface area contributed by atoms with Gasteiger partial charge in [0.1, 0.15) is 5.82 Å². The van der Waals surface area contributed by atoms with Gasteiger partial charge in [-0.1, -0.05) is 42.7 Å². The van der Waals surface area contributed by atoms with Crippen LogP contribution in [0.3, 0.4) is 0 Å². The molecule has 1 saturated carbocycles. The molecular formula is C28H34N4O2. The summed E-state index contributed by atoms with van der Waals surface area (Å²) in [5.41, 5.74) is 2.66. The number of carbonyl (C=O) groups excluding carboxylic acids is 1. The van der Waals surface area contributed by atoms with E-state index in [0.29, 0.717) is 11.3 Å². The highest BCUT2D eigenvalue weighted by molar-refractivity contribution is 5.79. The van der Waals surface area contributed by atoms with Crippen molar-refractivity contribution in [2.24, 2.45) is 5.92 Å². The highest BCUT2D eigenvalue weighted by Gasteiger charge is 2.35. The van der Waals surface area contributed by atoms with Crippen molar-refractivity contribution in [1.82, 2.24) is 19.4 Å². The first-order valence-corrected chi connectivity index (χ1v) is 12.6. The fourth-order valence-corrected chi connectivity index (χ4v) is 5.61. The third-order valence-electron chi connectivity index (χ3n) is 7.66. The largest absolute Gasteiger partial charge is 0.337 e. The monoisotopic (exact) mass is 458 g/mol. The van der Waals surface area contributed by atoms with Gasteiger partial charge in [0, 0.05) is 31.6 Å². The first-order valence-electron chi connectivity index (χ1n) is 12.6. The molecule has 2 unspecified atom stereocenters. The van der Waals surface area contributed by atoms with E-state index < -0.39 is 0 Å². The number of nitrogens with zero attached hydrogens (tertiary/aromatic N) is 4. The van der Waals surface area contributed by atoms with Crippen molar-refractivity contribution in [2.45, 2.75) is 58.5 Å². The SMILES string of the molecule is Cc1ccc(-n2c(C(C)N3CCN(C(=O)C4CCCC4)C(C)C3)nc3ccccc3c2=O)cc1. The van der Waals surface area contributed by atoms with Crippen LogP contribution in [0.4, 0.5) is 0 Å². The van der Waals surface area contributed by atoms with E-state index in [4.69, 9.17) is 4.98 Å². The smallest absolute Gasteiger partial charge is 0.266 e. The van der Waals surface area contributed by atoms with Crippen molar-refractivity contribution in [3.8, 4) is 5.69 Å². The van der Waals surface area contributed by atoms with E-state index in [-0.39, 0.29) is 23.6 Å². The van der Waals surface area contributed by atoms with Gasteiger partial charge in [0.15, 0.2) is 0 Å². The topological polar surface area (TPSA) is 58.4 Å². The number of carbonyl (C=O) groups is 1. The highest BCUT2D eigenvalue weighted by atomic mass is 16.2. The van der Waals surface area contributed by atoms with Crippen molar-refractivity contribution in [1.29, 1.82) is 0 Å². The van der Waals surface area contributed by atoms with Gasteiger partial charge in [-0.05, 0) is 57.9 Å². The van der Waals surface area contributed by atoms with E-state index in [2.05, 4.69) is 23.6 Å². The molecule has 34 heavy (non-hydrogen) atoms. The van der Waals surface area contributed by atoms with E-state index in [0.717, 1.165) is 55.1 Å². The minimum atomic E-state index is -0.0650. The second kappa shape index (κ2) is 9.34. The zero-order valence-electron chi connectivity index (χ0n) is 20.4. The van der Waals surface area contributed by atoms with Gasteiger partial charge in [-0.2, -0.15) is 0 Å². The van der Waals surface area contributed by atoms with E-state index in [1.54, 1.807) is 4.57 Å². The average molecular weight is 459 g/mol. The number of aryl methyl sites for hydroxylation is 1. The molecule has 1 amide bonds. The Morgan fingerprint density at radius 3 is 2.44 bits per heavy atom. The summed E-state index contributed by atoms with van der Waals surface area (Å²) in [7, 11) is 0. The van der Waals surface area contributed by atoms with Crippen molar-refractivity contribution in [2.75, 3.05) is 19.6 Å². The van der Waals surface area contributed by atoms with Gasteiger partial charge >= 0.3 is 0 Å². The van der Waals surface area contributed by atoms with Crippen LogP contribution >= 0.6 is 0 Å². The van der Waals surface area contributed by atoms with E-state index >= 15 is 0 Å². The number of benzene rings is 2. The number of hydrogen-bond acceptors (Lipinski definition) is 4.